The number of nitrogens with one attached hydrogen (secondary N) is 1. The lowest BCUT2D eigenvalue weighted by Crippen LogP contribution is -2.37. The molecule has 1 aromatic heterocycles. The van der Waals surface area contributed by atoms with E-state index in [1.807, 2.05) is 0 Å². The number of carbonyl (C=O) groups is 3. The molecule has 0 atom stereocenters. The highest BCUT2D eigenvalue weighted by molar-refractivity contribution is 6.23. The van der Waals surface area contributed by atoms with Crippen molar-refractivity contribution < 1.29 is 24.6 Å². The van der Waals surface area contributed by atoms with E-state index in [4.69, 9.17) is 10.2 Å². The molecule has 8 heteroatoms. The second-order valence-electron chi connectivity index (χ2n) is 4.42. The molecule has 8 nitrogen and oxygen atoms in total. The first-order valence-electron chi connectivity index (χ1n) is 6.99. The molecule has 0 radical (unpaired) electrons. The summed E-state index contributed by atoms with van der Waals surface area (Å²) in [6.45, 7) is -0.702. The summed E-state index contributed by atoms with van der Waals surface area (Å²) in [6, 6.07) is 4.89. The van der Waals surface area contributed by atoms with Gasteiger partial charge in [-0.1, -0.05) is 6.07 Å². The van der Waals surface area contributed by atoms with Crippen LogP contribution < -0.4 is 5.32 Å². The Balaban J connectivity index is 3.12. The van der Waals surface area contributed by atoms with E-state index >= 15 is 0 Å². The molecule has 0 fully saturated rings. The van der Waals surface area contributed by atoms with Gasteiger partial charge in [0, 0.05) is 25.4 Å². The molecule has 0 saturated carbocycles. The van der Waals surface area contributed by atoms with Crippen molar-refractivity contribution in [1.29, 1.82) is 0 Å². The minimum atomic E-state index is -0.612. The Labute approximate surface area is 133 Å². The van der Waals surface area contributed by atoms with Gasteiger partial charge >= 0.3 is 0 Å². The third kappa shape index (κ3) is 5.97. The summed E-state index contributed by atoms with van der Waals surface area (Å²) < 4.78 is 0. The number of carbonyl (C=O) groups excluding carboxylic acids is 3. The molecule has 3 N–H and O–H groups in total. The summed E-state index contributed by atoms with van der Waals surface area (Å²) in [6.07, 6.45) is 3.05. The first-order chi connectivity index (χ1) is 11.1. The SMILES string of the molecule is O=CCNC(=O)C=C(C(=O)N(CCO)CCO)c1ccccn1. The Morgan fingerprint density at radius 1 is 1.22 bits per heavy atom. The first-order valence-corrected chi connectivity index (χ1v) is 6.99. The third-order valence-electron chi connectivity index (χ3n) is 2.83. The lowest BCUT2D eigenvalue weighted by molar-refractivity contribution is -0.126. The zero-order valence-electron chi connectivity index (χ0n) is 12.5. The quantitative estimate of drug-likeness (QED) is 0.380. The van der Waals surface area contributed by atoms with Gasteiger partial charge in [0.25, 0.3) is 5.91 Å². The maximum absolute atomic E-state index is 12.6. The fourth-order valence-electron chi connectivity index (χ4n) is 1.82. The molecule has 0 aromatic carbocycles. The molecule has 0 saturated heterocycles. The summed E-state index contributed by atoms with van der Waals surface area (Å²) in [4.78, 5) is 39.9. The van der Waals surface area contributed by atoms with Crippen LogP contribution in [0.3, 0.4) is 0 Å². The average molecular weight is 321 g/mol. The number of amides is 2. The van der Waals surface area contributed by atoms with Crippen LogP contribution in [-0.4, -0.2) is 71.0 Å². The fraction of sp³-hybridized carbons (Fsp3) is 0.333. The minimum Gasteiger partial charge on any atom is -0.395 e. The summed E-state index contributed by atoms with van der Waals surface area (Å²) in [5.74, 6) is -1.16. The monoisotopic (exact) mass is 321 g/mol. The van der Waals surface area contributed by atoms with E-state index in [9.17, 15) is 14.4 Å². The molecule has 0 spiro atoms. The van der Waals surface area contributed by atoms with Crippen LogP contribution in [0.1, 0.15) is 5.69 Å². The molecule has 0 aliphatic heterocycles. The van der Waals surface area contributed by atoms with Crippen molar-refractivity contribution in [1.82, 2.24) is 15.2 Å². The number of aldehydes is 1. The van der Waals surface area contributed by atoms with Crippen LogP contribution in [0.5, 0.6) is 0 Å². The topological polar surface area (TPSA) is 120 Å². The summed E-state index contributed by atoms with van der Waals surface area (Å²) in [5, 5.41) is 20.4. The zero-order valence-corrected chi connectivity index (χ0v) is 12.5. The maximum Gasteiger partial charge on any atom is 0.256 e. The Kier molecular flexibility index (Phi) is 8.19. The zero-order chi connectivity index (χ0) is 17.1. The van der Waals surface area contributed by atoms with E-state index in [2.05, 4.69) is 10.3 Å². The highest BCUT2D eigenvalue weighted by atomic mass is 16.3. The van der Waals surface area contributed by atoms with Crippen LogP contribution in [0.15, 0.2) is 30.5 Å². The van der Waals surface area contributed by atoms with Crippen molar-refractivity contribution in [2.24, 2.45) is 0 Å². The number of hydrogen-bond donors (Lipinski definition) is 3. The molecular formula is C15H19N3O5. The van der Waals surface area contributed by atoms with Gasteiger partial charge in [0.2, 0.25) is 5.91 Å². The molecule has 0 bridgehead atoms. The number of aliphatic hydroxyl groups excluding tert-OH is 2. The highest BCUT2D eigenvalue weighted by Gasteiger charge is 2.21. The van der Waals surface area contributed by atoms with E-state index in [-0.39, 0.29) is 44.1 Å². The Morgan fingerprint density at radius 3 is 2.43 bits per heavy atom. The fourth-order valence-corrected chi connectivity index (χ4v) is 1.82. The van der Waals surface area contributed by atoms with Crippen LogP contribution in [0.25, 0.3) is 5.57 Å². The van der Waals surface area contributed by atoms with Gasteiger partial charge in [-0.05, 0) is 12.1 Å². The molecule has 1 aromatic rings. The van der Waals surface area contributed by atoms with Crippen molar-refractivity contribution >= 4 is 23.7 Å². The first kappa shape index (κ1) is 18.5. The van der Waals surface area contributed by atoms with Crippen LogP contribution in [0.2, 0.25) is 0 Å². The maximum atomic E-state index is 12.6. The number of rotatable bonds is 9. The third-order valence-corrected chi connectivity index (χ3v) is 2.83. The van der Waals surface area contributed by atoms with E-state index < -0.39 is 11.8 Å². The molecular weight excluding hydrogens is 302 g/mol. The van der Waals surface area contributed by atoms with E-state index in [1.54, 1.807) is 18.2 Å². The lowest BCUT2D eigenvalue weighted by atomic mass is 10.1. The van der Waals surface area contributed by atoms with Gasteiger partial charge in [-0.2, -0.15) is 0 Å². The van der Waals surface area contributed by atoms with Crippen molar-refractivity contribution in [2.75, 3.05) is 32.8 Å². The van der Waals surface area contributed by atoms with Crippen molar-refractivity contribution in [3.8, 4) is 0 Å². The Bertz CT molecular complexity index is 553. The number of nitrogens with zero attached hydrogens (tertiary/aromatic N) is 2. The smallest absolute Gasteiger partial charge is 0.256 e. The van der Waals surface area contributed by atoms with E-state index in [1.165, 1.54) is 11.1 Å². The molecule has 1 heterocycles. The van der Waals surface area contributed by atoms with Crippen LogP contribution >= 0.6 is 0 Å². The van der Waals surface area contributed by atoms with Crippen LogP contribution in [0, 0.1) is 0 Å². The van der Waals surface area contributed by atoms with Gasteiger partial charge in [0.15, 0.2) is 0 Å². The molecule has 0 unspecified atom stereocenters. The predicted molar refractivity (Wildman–Crippen MR) is 82.0 cm³/mol. The number of aliphatic hydroxyl groups is 2. The molecule has 23 heavy (non-hydrogen) atoms. The van der Waals surface area contributed by atoms with E-state index in [0.29, 0.717) is 6.29 Å². The Morgan fingerprint density at radius 2 is 1.91 bits per heavy atom. The second kappa shape index (κ2) is 10.2. The normalized spacial score (nSPS) is 11.0. The van der Waals surface area contributed by atoms with Crippen molar-refractivity contribution in [3.63, 3.8) is 0 Å². The molecule has 2 amide bonds. The predicted octanol–water partition coefficient (Wildman–Crippen LogP) is -1.41. The van der Waals surface area contributed by atoms with Gasteiger partial charge in [0.05, 0.1) is 31.0 Å². The van der Waals surface area contributed by atoms with Crippen LogP contribution in [0.4, 0.5) is 0 Å². The molecule has 0 aliphatic carbocycles. The highest BCUT2D eigenvalue weighted by Crippen LogP contribution is 2.15. The second-order valence-corrected chi connectivity index (χ2v) is 4.42. The van der Waals surface area contributed by atoms with Gasteiger partial charge < -0.3 is 25.2 Å². The van der Waals surface area contributed by atoms with Gasteiger partial charge in [0.1, 0.15) is 6.29 Å². The number of pyridine rings is 1. The summed E-state index contributed by atoms with van der Waals surface area (Å²) in [7, 11) is 0. The summed E-state index contributed by atoms with van der Waals surface area (Å²) >= 11 is 0. The lowest BCUT2D eigenvalue weighted by Gasteiger charge is -2.22. The molecule has 124 valence electrons. The van der Waals surface area contributed by atoms with Gasteiger partial charge in [-0.15, -0.1) is 0 Å². The van der Waals surface area contributed by atoms with E-state index in [0.717, 1.165) is 6.08 Å². The van der Waals surface area contributed by atoms with Gasteiger partial charge in [-0.3, -0.25) is 14.6 Å². The number of aromatic nitrogens is 1. The molecule has 0 aliphatic rings. The van der Waals surface area contributed by atoms with Crippen LogP contribution in [-0.2, 0) is 14.4 Å². The van der Waals surface area contributed by atoms with Gasteiger partial charge in [-0.25, -0.2) is 0 Å². The minimum absolute atomic E-state index is 0.0101. The Hall–Kier alpha value is -2.58. The standard InChI is InChI=1S/C15H19N3O5/c19-8-5-17-14(22)11-12(13-3-1-2-4-16-13)15(23)18(6-9-20)7-10-21/h1-4,8,11,20-21H,5-7,9-10H2,(H,17,22). The number of hydrogen-bond acceptors (Lipinski definition) is 6. The molecule has 1 rings (SSSR count). The summed E-state index contributed by atoms with van der Waals surface area (Å²) in [5.41, 5.74) is 0.288. The average Bonchev–Trinajstić information content (AvgIpc) is 2.58. The largest absolute Gasteiger partial charge is 0.395 e. The van der Waals surface area contributed by atoms with Crippen molar-refractivity contribution in [3.05, 3.63) is 36.2 Å². The van der Waals surface area contributed by atoms with Crippen molar-refractivity contribution in [2.45, 2.75) is 0 Å².